The molecule has 0 heterocycles. The first-order valence-electron chi connectivity index (χ1n) is 8.72. The number of halogens is 2. The standard InChI is InChI=1S/C18H29FN4O.HI/c1-3-20-18(22-14-15-4-6-16(19)7-5-15)21-10-11-23(12-13-24-2)17-8-9-17;/h4-7,17H,3,8-14H2,1-2H3,(H2,20,21,22);1H. The second-order valence-electron chi connectivity index (χ2n) is 6.01. The zero-order valence-electron chi connectivity index (χ0n) is 15.1. The molecule has 1 aliphatic carbocycles. The first kappa shape index (κ1) is 22.1. The molecule has 7 heteroatoms. The molecule has 0 unspecified atom stereocenters. The Labute approximate surface area is 167 Å². The quantitative estimate of drug-likeness (QED) is 0.318. The Morgan fingerprint density at radius 2 is 1.96 bits per heavy atom. The van der Waals surface area contributed by atoms with Gasteiger partial charge in [-0.05, 0) is 37.5 Å². The molecule has 0 amide bonds. The highest BCUT2D eigenvalue weighted by molar-refractivity contribution is 14.0. The lowest BCUT2D eigenvalue weighted by Crippen LogP contribution is -2.42. The van der Waals surface area contributed by atoms with Gasteiger partial charge in [0.1, 0.15) is 5.82 Å². The molecule has 0 atom stereocenters. The van der Waals surface area contributed by atoms with Crippen LogP contribution in [-0.4, -0.2) is 56.8 Å². The van der Waals surface area contributed by atoms with Crippen LogP contribution in [0, 0.1) is 5.82 Å². The normalized spacial score (nSPS) is 14.3. The van der Waals surface area contributed by atoms with E-state index in [0.717, 1.165) is 50.4 Å². The minimum absolute atomic E-state index is 0. The van der Waals surface area contributed by atoms with Crippen LogP contribution in [0.2, 0.25) is 0 Å². The van der Waals surface area contributed by atoms with Crippen molar-refractivity contribution in [1.82, 2.24) is 15.5 Å². The van der Waals surface area contributed by atoms with Crippen LogP contribution in [0.3, 0.4) is 0 Å². The third-order valence-electron chi connectivity index (χ3n) is 4.01. The van der Waals surface area contributed by atoms with Crippen LogP contribution >= 0.6 is 24.0 Å². The molecule has 1 saturated carbocycles. The molecule has 2 rings (SSSR count). The van der Waals surface area contributed by atoms with E-state index in [1.165, 1.54) is 25.0 Å². The molecule has 25 heavy (non-hydrogen) atoms. The summed E-state index contributed by atoms with van der Waals surface area (Å²) >= 11 is 0. The molecule has 0 aliphatic heterocycles. The van der Waals surface area contributed by atoms with E-state index < -0.39 is 0 Å². The van der Waals surface area contributed by atoms with Gasteiger partial charge in [0.15, 0.2) is 5.96 Å². The fraction of sp³-hybridized carbons (Fsp3) is 0.611. The van der Waals surface area contributed by atoms with E-state index in [9.17, 15) is 4.39 Å². The summed E-state index contributed by atoms with van der Waals surface area (Å²) in [7, 11) is 1.74. The lowest BCUT2D eigenvalue weighted by atomic mass is 10.2. The average Bonchev–Trinajstić information content (AvgIpc) is 3.42. The summed E-state index contributed by atoms with van der Waals surface area (Å²) in [5.74, 6) is 0.577. The Hall–Kier alpha value is -0.930. The number of guanidine groups is 1. The molecule has 0 bridgehead atoms. The molecular formula is C18H30FIN4O. The molecule has 0 saturated heterocycles. The number of rotatable bonds is 10. The van der Waals surface area contributed by atoms with Crippen molar-refractivity contribution in [3.63, 3.8) is 0 Å². The predicted molar refractivity (Wildman–Crippen MR) is 111 cm³/mol. The van der Waals surface area contributed by atoms with Crippen molar-refractivity contribution in [2.24, 2.45) is 4.99 Å². The third-order valence-corrected chi connectivity index (χ3v) is 4.01. The summed E-state index contributed by atoms with van der Waals surface area (Å²) in [6, 6.07) is 7.19. The van der Waals surface area contributed by atoms with E-state index >= 15 is 0 Å². The van der Waals surface area contributed by atoms with Gasteiger partial charge in [-0.25, -0.2) is 9.38 Å². The first-order valence-corrected chi connectivity index (χ1v) is 8.72. The second-order valence-corrected chi connectivity index (χ2v) is 6.01. The smallest absolute Gasteiger partial charge is 0.191 e. The van der Waals surface area contributed by atoms with Gasteiger partial charge in [0.2, 0.25) is 0 Å². The van der Waals surface area contributed by atoms with E-state index in [1.54, 1.807) is 19.2 Å². The van der Waals surface area contributed by atoms with Crippen LogP contribution in [-0.2, 0) is 11.3 Å². The van der Waals surface area contributed by atoms with Gasteiger partial charge in [-0.15, -0.1) is 24.0 Å². The third kappa shape index (κ3) is 8.82. The van der Waals surface area contributed by atoms with E-state index in [1.807, 2.05) is 6.92 Å². The zero-order chi connectivity index (χ0) is 17.2. The summed E-state index contributed by atoms with van der Waals surface area (Å²) in [6.45, 7) is 6.97. The summed E-state index contributed by atoms with van der Waals surface area (Å²) in [5, 5.41) is 6.62. The van der Waals surface area contributed by atoms with E-state index in [0.29, 0.717) is 6.54 Å². The van der Waals surface area contributed by atoms with Crippen LogP contribution in [0.25, 0.3) is 0 Å². The SMILES string of the molecule is CCNC(=NCc1ccc(F)cc1)NCCN(CCOC)C1CC1.I. The molecule has 0 aromatic heterocycles. The van der Waals surface area contributed by atoms with Gasteiger partial charge in [0.05, 0.1) is 13.2 Å². The molecule has 1 aliphatic rings. The highest BCUT2D eigenvalue weighted by Gasteiger charge is 2.28. The van der Waals surface area contributed by atoms with Crippen molar-refractivity contribution in [2.75, 3.05) is 39.9 Å². The molecule has 1 aromatic carbocycles. The Morgan fingerprint density at radius 1 is 1.24 bits per heavy atom. The maximum Gasteiger partial charge on any atom is 0.191 e. The Bertz CT molecular complexity index is 508. The number of benzene rings is 1. The van der Waals surface area contributed by atoms with E-state index in [-0.39, 0.29) is 29.8 Å². The summed E-state index contributed by atoms with van der Waals surface area (Å²) in [4.78, 5) is 7.03. The fourth-order valence-electron chi connectivity index (χ4n) is 2.54. The van der Waals surface area contributed by atoms with Gasteiger partial charge in [0, 0.05) is 39.3 Å². The number of nitrogens with one attached hydrogen (secondary N) is 2. The highest BCUT2D eigenvalue weighted by atomic mass is 127. The Balaban J connectivity index is 0.00000312. The number of hydrogen-bond donors (Lipinski definition) is 2. The van der Waals surface area contributed by atoms with Crippen molar-refractivity contribution in [1.29, 1.82) is 0 Å². The Kier molecular flexibility index (Phi) is 11.0. The molecular weight excluding hydrogens is 434 g/mol. The molecule has 142 valence electrons. The number of nitrogens with zero attached hydrogens (tertiary/aromatic N) is 2. The number of hydrogen-bond acceptors (Lipinski definition) is 3. The zero-order valence-corrected chi connectivity index (χ0v) is 17.5. The lowest BCUT2D eigenvalue weighted by Gasteiger charge is -2.22. The average molecular weight is 464 g/mol. The van der Waals surface area contributed by atoms with Gasteiger partial charge in [-0.3, -0.25) is 4.90 Å². The molecule has 5 nitrogen and oxygen atoms in total. The molecule has 0 spiro atoms. The van der Waals surface area contributed by atoms with Crippen LogP contribution < -0.4 is 10.6 Å². The predicted octanol–water partition coefficient (Wildman–Crippen LogP) is 2.61. The van der Waals surface area contributed by atoms with Crippen LogP contribution in [0.15, 0.2) is 29.3 Å². The van der Waals surface area contributed by atoms with Gasteiger partial charge >= 0.3 is 0 Å². The lowest BCUT2D eigenvalue weighted by molar-refractivity contribution is 0.144. The van der Waals surface area contributed by atoms with Gasteiger partial charge < -0.3 is 15.4 Å². The van der Waals surface area contributed by atoms with E-state index in [4.69, 9.17) is 4.74 Å². The maximum atomic E-state index is 12.9. The number of aliphatic imine (C=N–C) groups is 1. The summed E-state index contributed by atoms with van der Waals surface area (Å²) in [5.41, 5.74) is 0.994. The summed E-state index contributed by atoms with van der Waals surface area (Å²) < 4.78 is 18.1. The minimum Gasteiger partial charge on any atom is -0.383 e. The highest BCUT2D eigenvalue weighted by Crippen LogP contribution is 2.25. The minimum atomic E-state index is -0.219. The molecule has 1 aromatic rings. The largest absolute Gasteiger partial charge is 0.383 e. The van der Waals surface area contributed by atoms with Crippen LogP contribution in [0.1, 0.15) is 25.3 Å². The van der Waals surface area contributed by atoms with Gasteiger partial charge in [0.25, 0.3) is 0 Å². The molecule has 0 radical (unpaired) electrons. The molecule has 2 N–H and O–H groups in total. The van der Waals surface area contributed by atoms with Gasteiger partial charge in [-0.1, -0.05) is 12.1 Å². The number of methoxy groups -OCH3 is 1. The van der Waals surface area contributed by atoms with Crippen molar-refractivity contribution in [2.45, 2.75) is 32.4 Å². The second kappa shape index (κ2) is 12.4. The fourth-order valence-corrected chi connectivity index (χ4v) is 2.54. The van der Waals surface area contributed by atoms with Crippen molar-refractivity contribution in [3.8, 4) is 0 Å². The van der Waals surface area contributed by atoms with Crippen LogP contribution in [0.5, 0.6) is 0 Å². The topological polar surface area (TPSA) is 48.9 Å². The monoisotopic (exact) mass is 464 g/mol. The number of ether oxygens (including phenoxy) is 1. The molecule has 1 fully saturated rings. The van der Waals surface area contributed by atoms with Crippen molar-refractivity contribution < 1.29 is 9.13 Å². The van der Waals surface area contributed by atoms with Crippen molar-refractivity contribution in [3.05, 3.63) is 35.6 Å². The Morgan fingerprint density at radius 3 is 2.56 bits per heavy atom. The summed E-state index contributed by atoms with van der Waals surface area (Å²) in [6.07, 6.45) is 2.59. The van der Waals surface area contributed by atoms with E-state index in [2.05, 4.69) is 20.5 Å². The van der Waals surface area contributed by atoms with Crippen molar-refractivity contribution >= 4 is 29.9 Å². The van der Waals surface area contributed by atoms with Gasteiger partial charge in [-0.2, -0.15) is 0 Å². The first-order chi connectivity index (χ1) is 11.7. The maximum absolute atomic E-state index is 12.9. The van der Waals surface area contributed by atoms with Crippen LogP contribution in [0.4, 0.5) is 4.39 Å².